The summed E-state index contributed by atoms with van der Waals surface area (Å²) in [6.07, 6.45) is 0.626. The number of sulfone groups is 1. The normalized spacial score (nSPS) is 18.8. The predicted molar refractivity (Wildman–Crippen MR) is 91.1 cm³/mol. The van der Waals surface area contributed by atoms with Crippen LogP contribution in [0.5, 0.6) is 0 Å². The van der Waals surface area contributed by atoms with Gasteiger partial charge in [-0.3, -0.25) is 4.79 Å². The summed E-state index contributed by atoms with van der Waals surface area (Å²) in [6, 6.07) is 8.93. The third-order valence-corrected chi connectivity index (χ3v) is 5.82. The maximum atomic E-state index is 12.1. The van der Waals surface area contributed by atoms with Gasteiger partial charge in [0.25, 0.3) is 0 Å². The number of rotatable bonds is 6. The second kappa shape index (κ2) is 8.14. The van der Waals surface area contributed by atoms with Gasteiger partial charge in [-0.1, -0.05) is 30.3 Å². The van der Waals surface area contributed by atoms with Crippen LogP contribution in [0.1, 0.15) is 18.4 Å². The van der Waals surface area contributed by atoms with Crippen molar-refractivity contribution in [3.05, 3.63) is 35.9 Å². The van der Waals surface area contributed by atoms with E-state index in [4.69, 9.17) is 0 Å². The summed E-state index contributed by atoms with van der Waals surface area (Å²) in [4.78, 5) is 25.2. The second-order valence-electron chi connectivity index (χ2n) is 5.91. The number of hydrogen-bond donors (Lipinski definition) is 2. The lowest BCUT2D eigenvalue weighted by molar-refractivity contribution is -0.131. The molecule has 24 heavy (non-hydrogen) atoms. The van der Waals surface area contributed by atoms with E-state index in [-0.39, 0.29) is 42.5 Å². The Hall–Kier alpha value is -2.09. The Balaban J connectivity index is 1.66. The van der Waals surface area contributed by atoms with Gasteiger partial charge in [-0.05, 0) is 12.0 Å². The van der Waals surface area contributed by atoms with Gasteiger partial charge in [0.1, 0.15) is 0 Å². The Kier molecular flexibility index (Phi) is 6.19. The van der Waals surface area contributed by atoms with Crippen molar-refractivity contribution in [2.75, 3.05) is 25.1 Å². The first-order valence-corrected chi connectivity index (χ1v) is 9.71. The maximum absolute atomic E-state index is 12.1. The lowest BCUT2D eigenvalue weighted by Crippen LogP contribution is -2.41. The van der Waals surface area contributed by atoms with Crippen LogP contribution in [0.15, 0.2) is 30.3 Å². The quantitative estimate of drug-likeness (QED) is 0.779. The van der Waals surface area contributed by atoms with E-state index in [0.717, 1.165) is 5.56 Å². The minimum atomic E-state index is -3.02. The molecule has 2 rings (SSSR count). The molecule has 1 saturated heterocycles. The van der Waals surface area contributed by atoms with Crippen molar-refractivity contribution in [2.45, 2.75) is 25.4 Å². The SMILES string of the molecule is CN(C(=O)CCNC(=O)NCc1ccccc1)C1CCS(=O)(=O)C1. The van der Waals surface area contributed by atoms with Crippen LogP contribution in [-0.4, -0.2) is 56.4 Å². The monoisotopic (exact) mass is 353 g/mol. The van der Waals surface area contributed by atoms with Crippen LogP contribution in [0.25, 0.3) is 0 Å². The lowest BCUT2D eigenvalue weighted by atomic mass is 10.2. The average molecular weight is 353 g/mol. The fourth-order valence-electron chi connectivity index (χ4n) is 2.58. The zero-order valence-electron chi connectivity index (χ0n) is 13.7. The third-order valence-electron chi connectivity index (χ3n) is 4.07. The molecule has 0 aliphatic carbocycles. The van der Waals surface area contributed by atoms with Crippen molar-refractivity contribution in [3.63, 3.8) is 0 Å². The standard InChI is InChI=1S/C16H23N3O4S/c1-19(14-8-10-24(22,23)12-14)15(20)7-9-17-16(21)18-11-13-5-3-2-4-6-13/h2-6,14H,7-12H2,1H3,(H2,17,18,21). The predicted octanol–water partition coefficient (Wildman–Crippen LogP) is 0.521. The number of carbonyl (C=O) groups excluding carboxylic acids is 2. The summed E-state index contributed by atoms with van der Waals surface area (Å²) in [7, 11) is -1.40. The number of carbonyl (C=O) groups is 2. The van der Waals surface area contributed by atoms with Gasteiger partial charge in [-0.2, -0.15) is 0 Å². The minimum absolute atomic E-state index is 0.0280. The first-order valence-electron chi connectivity index (χ1n) is 7.89. The molecule has 1 aliphatic rings. The van der Waals surface area contributed by atoms with Gasteiger partial charge in [0, 0.05) is 32.6 Å². The fraction of sp³-hybridized carbons (Fsp3) is 0.500. The summed E-state index contributed by atoms with van der Waals surface area (Å²) >= 11 is 0. The molecule has 0 spiro atoms. The fourth-order valence-corrected chi connectivity index (χ4v) is 4.36. The van der Waals surface area contributed by atoms with E-state index < -0.39 is 9.84 Å². The number of nitrogens with zero attached hydrogens (tertiary/aromatic N) is 1. The first-order chi connectivity index (χ1) is 11.4. The van der Waals surface area contributed by atoms with Crippen molar-refractivity contribution in [1.29, 1.82) is 0 Å². The molecule has 1 heterocycles. The second-order valence-corrected chi connectivity index (χ2v) is 8.14. The highest BCUT2D eigenvalue weighted by Crippen LogP contribution is 2.16. The molecule has 8 heteroatoms. The Labute approximate surface area is 142 Å². The molecule has 1 aliphatic heterocycles. The van der Waals surface area contributed by atoms with Crippen molar-refractivity contribution in [2.24, 2.45) is 0 Å². The largest absolute Gasteiger partial charge is 0.342 e. The van der Waals surface area contributed by atoms with Gasteiger partial charge in [-0.15, -0.1) is 0 Å². The van der Waals surface area contributed by atoms with Crippen molar-refractivity contribution >= 4 is 21.8 Å². The molecular formula is C16H23N3O4S. The van der Waals surface area contributed by atoms with Gasteiger partial charge in [0.05, 0.1) is 11.5 Å². The molecule has 0 radical (unpaired) electrons. The molecule has 1 fully saturated rings. The molecule has 132 valence electrons. The molecule has 0 saturated carbocycles. The third kappa shape index (κ3) is 5.52. The van der Waals surface area contributed by atoms with Gasteiger partial charge in [0.15, 0.2) is 9.84 Å². The minimum Gasteiger partial charge on any atom is -0.342 e. The number of amides is 3. The molecule has 2 N–H and O–H groups in total. The summed E-state index contributed by atoms with van der Waals surface area (Å²) in [5.41, 5.74) is 0.992. The number of benzene rings is 1. The van der Waals surface area contributed by atoms with E-state index in [9.17, 15) is 18.0 Å². The number of hydrogen-bond acceptors (Lipinski definition) is 4. The van der Waals surface area contributed by atoms with E-state index in [0.29, 0.717) is 13.0 Å². The van der Waals surface area contributed by atoms with E-state index in [2.05, 4.69) is 10.6 Å². The highest BCUT2D eigenvalue weighted by atomic mass is 32.2. The summed E-state index contributed by atoms with van der Waals surface area (Å²) in [5, 5.41) is 5.34. The first kappa shape index (κ1) is 18.3. The highest BCUT2D eigenvalue weighted by Gasteiger charge is 2.32. The smallest absolute Gasteiger partial charge is 0.315 e. The number of nitrogens with one attached hydrogen (secondary N) is 2. The molecular weight excluding hydrogens is 330 g/mol. The van der Waals surface area contributed by atoms with Gasteiger partial charge in [-0.25, -0.2) is 13.2 Å². The number of urea groups is 1. The van der Waals surface area contributed by atoms with Crippen LogP contribution in [-0.2, 0) is 21.2 Å². The Bertz CT molecular complexity index is 676. The van der Waals surface area contributed by atoms with Crippen molar-refractivity contribution in [1.82, 2.24) is 15.5 Å². The van der Waals surface area contributed by atoms with Crippen LogP contribution < -0.4 is 10.6 Å². The Morgan fingerprint density at radius 2 is 1.92 bits per heavy atom. The van der Waals surface area contributed by atoms with Crippen LogP contribution >= 0.6 is 0 Å². The van der Waals surface area contributed by atoms with Crippen LogP contribution in [0.2, 0.25) is 0 Å². The van der Waals surface area contributed by atoms with E-state index in [1.165, 1.54) is 4.90 Å². The van der Waals surface area contributed by atoms with Gasteiger partial charge in [0.2, 0.25) is 5.91 Å². The zero-order chi connectivity index (χ0) is 17.6. The van der Waals surface area contributed by atoms with Gasteiger partial charge < -0.3 is 15.5 Å². The summed E-state index contributed by atoms with van der Waals surface area (Å²) < 4.78 is 22.9. The topological polar surface area (TPSA) is 95.6 Å². The molecule has 1 aromatic carbocycles. The van der Waals surface area contributed by atoms with Crippen LogP contribution in [0.4, 0.5) is 4.79 Å². The zero-order valence-corrected chi connectivity index (χ0v) is 14.5. The molecule has 0 aromatic heterocycles. The molecule has 0 bridgehead atoms. The molecule has 7 nitrogen and oxygen atoms in total. The lowest BCUT2D eigenvalue weighted by Gasteiger charge is -2.23. The molecule has 1 atom stereocenters. The summed E-state index contributed by atoms with van der Waals surface area (Å²) in [5.74, 6) is -0.00388. The molecule has 3 amide bonds. The van der Waals surface area contributed by atoms with E-state index >= 15 is 0 Å². The van der Waals surface area contributed by atoms with Crippen molar-refractivity contribution in [3.8, 4) is 0 Å². The Morgan fingerprint density at radius 3 is 2.54 bits per heavy atom. The van der Waals surface area contributed by atoms with E-state index in [1.807, 2.05) is 30.3 Å². The molecule has 1 aromatic rings. The van der Waals surface area contributed by atoms with Gasteiger partial charge >= 0.3 is 6.03 Å². The summed E-state index contributed by atoms with van der Waals surface area (Å²) in [6.45, 7) is 0.629. The highest BCUT2D eigenvalue weighted by molar-refractivity contribution is 7.91. The maximum Gasteiger partial charge on any atom is 0.315 e. The average Bonchev–Trinajstić information content (AvgIpc) is 2.93. The van der Waals surface area contributed by atoms with Crippen LogP contribution in [0.3, 0.4) is 0 Å². The Morgan fingerprint density at radius 1 is 1.21 bits per heavy atom. The van der Waals surface area contributed by atoms with E-state index in [1.54, 1.807) is 7.05 Å². The molecule has 1 unspecified atom stereocenters. The van der Waals surface area contributed by atoms with Crippen molar-refractivity contribution < 1.29 is 18.0 Å². The van der Waals surface area contributed by atoms with Crippen LogP contribution in [0, 0.1) is 0 Å².